The van der Waals surface area contributed by atoms with Crippen molar-refractivity contribution >= 4 is 16.9 Å². The van der Waals surface area contributed by atoms with Crippen LogP contribution in [0, 0.1) is 0 Å². The largest absolute Gasteiger partial charge is 0.507 e. The second kappa shape index (κ2) is 8.59. The summed E-state index contributed by atoms with van der Waals surface area (Å²) in [6, 6.07) is 9.28. The highest BCUT2D eigenvalue weighted by Crippen LogP contribution is 2.37. The monoisotopic (exact) mass is 425 g/mol. The molecule has 0 spiro atoms. The number of phenols is 1. The number of methoxy groups -OCH3 is 1. The standard InChI is InChI=1S/C23H23NO7/c1-28-18-7-6-13(8-20(18)30-14-4-2-3-5-14)19-11-17(26)23-16(25)9-15(10-21(23)31-19)29-12-22(24)27/h6-11,14,25H,2-5,12H2,1H3,(H2,24,27). The molecular formula is C23H23NO7. The van der Waals surface area contributed by atoms with Crippen molar-refractivity contribution in [2.45, 2.75) is 31.8 Å². The number of rotatable bonds is 7. The fourth-order valence-corrected chi connectivity index (χ4v) is 3.73. The van der Waals surface area contributed by atoms with E-state index in [0.29, 0.717) is 22.8 Å². The third-order valence-corrected chi connectivity index (χ3v) is 5.21. The van der Waals surface area contributed by atoms with Crippen molar-refractivity contribution in [3.05, 3.63) is 46.6 Å². The molecule has 1 fully saturated rings. The molecular weight excluding hydrogens is 402 g/mol. The molecule has 2 aromatic carbocycles. The first-order valence-electron chi connectivity index (χ1n) is 10.0. The predicted octanol–water partition coefficient (Wildman–Crippen LogP) is 3.36. The highest BCUT2D eigenvalue weighted by atomic mass is 16.5. The zero-order valence-electron chi connectivity index (χ0n) is 17.1. The topological polar surface area (TPSA) is 121 Å². The fraction of sp³-hybridized carbons (Fsp3) is 0.304. The van der Waals surface area contributed by atoms with E-state index in [2.05, 4.69) is 0 Å². The maximum Gasteiger partial charge on any atom is 0.255 e. The summed E-state index contributed by atoms with van der Waals surface area (Å²) >= 11 is 0. The first kappa shape index (κ1) is 20.6. The molecule has 1 aromatic heterocycles. The molecule has 4 rings (SSSR count). The highest BCUT2D eigenvalue weighted by molar-refractivity contribution is 5.86. The van der Waals surface area contributed by atoms with E-state index in [9.17, 15) is 14.7 Å². The van der Waals surface area contributed by atoms with Gasteiger partial charge in [0.1, 0.15) is 28.2 Å². The summed E-state index contributed by atoms with van der Waals surface area (Å²) in [5.74, 6) is 0.654. The molecule has 0 saturated heterocycles. The van der Waals surface area contributed by atoms with Crippen LogP contribution in [0.5, 0.6) is 23.0 Å². The smallest absolute Gasteiger partial charge is 0.255 e. The zero-order chi connectivity index (χ0) is 22.0. The van der Waals surface area contributed by atoms with Gasteiger partial charge in [-0.25, -0.2) is 0 Å². The maximum atomic E-state index is 12.7. The molecule has 0 bridgehead atoms. The van der Waals surface area contributed by atoms with Gasteiger partial charge in [-0.3, -0.25) is 9.59 Å². The van der Waals surface area contributed by atoms with Gasteiger partial charge in [-0.15, -0.1) is 0 Å². The molecule has 0 radical (unpaired) electrons. The number of carbonyl (C=O) groups is 1. The summed E-state index contributed by atoms with van der Waals surface area (Å²) in [6.07, 6.45) is 4.39. The van der Waals surface area contributed by atoms with Gasteiger partial charge in [-0.1, -0.05) is 0 Å². The van der Waals surface area contributed by atoms with Gasteiger partial charge in [0.2, 0.25) is 0 Å². The molecule has 3 N–H and O–H groups in total. The van der Waals surface area contributed by atoms with E-state index < -0.39 is 11.3 Å². The number of primary amides is 1. The normalized spacial score (nSPS) is 14.0. The molecule has 8 heteroatoms. The first-order chi connectivity index (χ1) is 14.9. The summed E-state index contributed by atoms with van der Waals surface area (Å²) in [5, 5.41) is 10.3. The van der Waals surface area contributed by atoms with Gasteiger partial charge in [0.25, 0.3) is 5.91 Å². The number of fused-ring (bicyclic) bond motifs is 1. The Morgan fingerprint density at radius 1 is 1.16 bits per heavy atom. The summed E-state index contributed by atoms with van der Waals surface area (Å²) in [4.78, 5) is 23.6. The van der Waals surface area contributed by atoms with Crippen LogP contribution < -0.4 is 25.4 Å². The molecule has 162 valence electrons. The van der Waals surface area contributed by atoms with Crippen molar-refractivity contribution in [3.63, 3.8) is 0 Å². The van der Waals surface area contributed by atoms with Crippen LogP contribution in [0.4, 0.5) is 0 Å². The van der Waals surface area contributed by atoms with E-state index >= 15 is 0 Å². The van der Waals surface area contributed by atoms with E-state index in [1.165, 1.54) is 18.2 Å². The van der Waals surface area contributed by atoms with Crippen LogP contribution >= 0.6 is 0 Å². The molecule has 0 unspecified atom stereocenters. The fourth-order valence-electron chi connectivity index (χ4n) is 3.73. The quantitative estimate of drug-likeness (QED) is 0.595. The highest BCUT2D eigenvalue weighted by Gasteiger charge is 2.20. The lowest BCUT2D eigenvalue weighted by atomic mass is 10.1. The number of hydrogen-bond donors (Lipinski definition) is 2. The van der Waals surface area contributed by atoms with Crippen molar-refractivity contribution in [2.75, 3.05) is 13.7 Å². The average Bonchev–Trinajstić information content (AvgIpc) is 3.24. The average molecular weight is 425 g/mol. The van der Waals surface area contributed by atoms with E-state index in [-0.39, 0.29) is 35.2 Å². The minimum atomic E-state index is -0.664. The minimum absolute atomic E-state index is 0.0196. The van der Waals surface area contributed by atoms with Crippen molar-refractivity contribution < 1.29 is 28.5 Å². The van der Waals surface area contributed by atoms with Gasteiger partial charge in [0, 0.05) is 23.8 Å². The van der Waals surface area contributed by atoms with Crippen LogP contribution in [0.3, 0.4) is 0 Å². The van der Waals surface area contributed by atoms with Crippen LogP contribution in [0.15, 0.2) is 45.6 Å². The summed E-state index contributed by atoms with van der Waals surface area (Å²) in [5.41, 5.74) is 5.42. The first-order valence-corrected chi connectivity index (χ1v) is 10.0. The van der Waals surface area contributed by atoms with Crippen LogP contribution in [0.25, 0.3) is 22.3 Å². The molecule has 3 aromatic rings. The van der Waals surface area contributed by atoms with Crippen molar-refractivity contribution in [2.24, 2.45) is 5.73 Å². The molecule has 0 aliphatic heterocycles. The Hall–Kier alpha value is -3.68. The zero-order valence-corrected chi connectivity index (χ0v) is 17.1. The van der Waals surface area contributed by atoms with Crippen molar-refractivity contribution in [1.82, 2.24) is 0 Å². The van der Waals surface area contributed by atoms with Gasteiger partial charge in [0.15, 0.2) is 23.5 Å². The third-order valence-electron chi connectivity index (χ3n) is 5.21. The third kappa shape index (κ3) is 4.42. The second-order valence-corrected chi connectivity index (χ2v) is 7.44. The number of hydrogen-bond acceptors (Lipinski definition) is 7. The van der Waals surface area contributed by atoms with E-state index in [4.69, 9.17) is 24.4 Å². The van der Waals surface area contributed by atoms with Gasteiger partial charge in [-0.05, 0) is 43.9 Å². The Bertz CT molecular complexity index is 1180. The van der Waals surface area contributed by atoms with E-state index in [1.807, 2.05) is 0 Å². The summed E-state index contributed by atoms with van der Waals surface area (Å²) in [6.45, 7) is -0.366. The van der Waals surface area contributed by atoms with Gasteiger partial charge < -0.3 is 29.5 Å². The Morgan fingerprint density at radius 2 is 1.94 bits per heavy atom. The van der Waals surface area contributed by atoms with Crippen LogP contribution in [0.1, 0.15) is 25.7 Å². The number of amides is 1. The number of phenolic OH excluding ortho intramolecular Hbond substituents is 1. The van der Waals surface area contributed by atoms with Crippen LogP contribution in [0.2, 0.25) is 0 Å². The van der Waals surface area contributed by atoms with Gasteiger partial charge >= 0.3 is 0 Å². The number of carbonyl (C=O) groups excluding carboxylic acids is 1. The second-order valence-electron chi connectivity index (χ2n) is 7.44. The Balaban J connectivity index is 1.74. The lowest BCUT2D eigenvalue weighted by Crippen LogP contribution is -2.20. The van der Waals surface area contributed by atoms with Crippen LogP contribution in [-0.4, -0.2) is 30.8 Å². The van der Waals surface area contributed by atoms with Crippen LogP contribution in [-0.2, 0) is 4.79 Å². The predicted molar refractivity (Wildman–Crippen MR) is 114 cm³/mol. The van der Waals surface area contributed by atoms with Gasteiger partial charge in [0.05, 0.1) is 13.2 Å². The Labute approximate surface area is 178 Å². The molecule has 1 aliphatic carbocycles. The van der Waals surface area contributed by atoms with Crippen molar-refractivity contribution in [3.8, 4) is 34.3 Å². The molecule has 1 amide bonds. The molecule has 1 heterocycles. The Kier molecular flexibility index (Phi) is 5.70. The van der Waals surface area contributed by atoms with Gasteiger partial charge in [-0.2, -0.15) is 0 Å². The molecule has 31 heavy (non-hydrogen) atoms. The van der Waals surface area contributed by atoms with Crippen molar-refractivity contribution in [1.29, 1.82) is 0 Å². The van der Waals surface area contributed by atoms with E-state index in [0.717, 1.165) is 25.7 Å². The number of aromatic hydroxyl groups is 1. The molecule has 1 saturated carbocycles. The lowest BCUT2D eigenvalue weighted by molar-refractivity contribution is -0.119. The maximum absolute atomic E-state index is 12.7. The molecule has 1 aliphatic rings. The lowest BCUT2D eigenvalue weighted by Gasteiger charge is -2.17. The summed E-state index contributed by atoms with van der Waals surface area (Å²) < 4.78 is 22.7. The number of ether oxygens (including phenoxy) is 3. The Morgan fingerprint density at radius 3 is 2.65 bits per heavy atom. The number of nitrogens with two attached hydrogens (primary N) is 1. The minimum Gasteiger partial charge on any atom is -0.507 e. The SMILES string of the molecule is COc1ccc(-c2cc(=O)c3c(O)cc(OCC(N)=O)cc3o2)cc1OC1CCCC1. The molecule has 8 nitrogen and oxygen atoms in total. The molecule has 0 atom stereocenters. The number of benzene rings is 2. The van der Waals surface area contributed by atoms with E-state index in [1.54, 1.807) is 25.3 Å². The summed E-state index contributed by atoms with van der Waals surface area (Å²) in [7, 11) is 1.57.